The smallest absolute Gasteiger partial charge is 0.244 e. The van der Waals surface area contributed by atoms with Crippen molar-refractivity contribution in [2.45, 2.75) is 26.6 Å². The molecule has 2 N–H and O–H groups in total. The van der Waals surface area contributed by atoms with E-state index in [4.69, 9.17) is 26.8 Å². The minimum atomic E-state index is -0.0173. The van der Waals surface area contributed by atoms with Crippen molar-refractivity contribution in [2.24, 2.45) is 0 Å². The zero-order chi connectivity index (χ0) is 14.5. The normalized spacial score (nSPS) is 10.6. The maximum absolute atomic E-state index is 5.92. The van der Waals surface area contributed by atoms with E-state index >= 15 is 0 Å². The molecule has 106 valence electrons. The minimum Gasteiger partial charge on any atom is -0.473 e. The quantitative estimate of drug-likeness (QED) is 0.917. The van der Waals surface area contributed by atoms with Crippen LogP contribution in [0.4, 0.5) is 5.69 Å². The second-order valence-corrected chi connectivity index (χ2v) is 4.92. The van der Waals surface area contributed by atoms with Crippen molar-refractivity contribution in [1.29, 1.82) is 0 Å². The summed E-state index contributed by atoms with van der Waals surface area (Å²) in [6.07, 6.45) is 1.35. The average molecular weight is 294 g/mol. The third-order valence-corrected chi connectivity index (χ3v) is 2.70. The van der Waals surface area contributed by atoms with Gasteiger partial charge in [0.25, 0.3) is 0 Å². The van der Waals surface area contributed by atoms with Crippen molar-refractivity contribution >= 4 is 17.3 Å². The third-order valence-electron chi connectivity index (χ3n) is 2.45. The van der Waals surface area contributed by atoms with Gasteiger partial charge in [0, 0.05) is 5.02 Å². The van der Waals surface area contributed by atoms with Crippen molar-refractivity contribution in [3.8, 4) is 11.8 Å². The summed E-state index contributed by atoms with van der Waals surface area (Å²) in [5.41, 5.74) is 7.20. The van der Waals surface area contributed by atoms with Gasteiger partial charge in [-0.25, -0.2) is 0 Å². The Balaban J connectivity index is 2.07. The number of benzene rings is 1. The summed E-state index contributed by atoms with van der Waals surface area (Å²) in [6.45, 7) is 4.14. The average Bonchev–Trinajstić information content (AvgIpc) is 2.41. The van der Waals surface area contributed by atoms with Crippen LogP contribution in [0, 0.1) is 0 Å². The molecule has 0 bridgehead atoms. The highest BCUT2D eigenvalue weighted by atomic mass is 35.5. The van der Waals surface area contributed by atoms with Gasteiger partial charge in [0.1, 0.15) is 12.9 Å². The highest BCUT2D eigenvalue weighted by molar-refractivity contribution is 6.30. The summed E-state index contributed by atoms with van der Waals surface area (Å²) in [5.74, 6) is 0.645. The Morgan fingerprint density at radius 2 is 1.80 bits per heavy atom. The monoisotopic (exact) mass is 293 g/mol. The summed E-state index contributed by atoms with van der Waals surface area (Å²) in [6, 6.07) is 7.37. The number of hydrogen-bond acceptors (Lipinski definition) is 5. The molecule has 0 atom stereocenters. The third kappa shape index (κ3) is 3.74. The summed E-state index contributed by atoms with van der Waals surface area (Å²) < 4.78 is 11.1. The van der Waals surface area contributed by atoms with E-state index in [1.165, 1.54) is 6.33 Å². The Morgan fingerprint density at radius 1 is 1.15 bits per heavy atom. The SMILES string of the molecule is CC(C)Oc1ncnc(OCc2ccc(Cl)cc2)c1N. The molecule has 0 aliphatic carbocycles. The second-order valence-electron chi connectivity index (χ2n) is 4.48. The van der Waals surface area contributed by atoms with Crippen LogP contribution in [-0.4, -0.2) is 16.1 Å². The number of nitrogens with two attached hydrogens (primary N) is 1. The lowest BCUT2D eigenvalue weighted by atomic mass is 10.2. The zero-order valence-electron chi connectivity index (χ0n) is 11.3. The van der Waals surface area contributed by atoms with Crippen LogP contribution < -0.4 is 15.2 Å². The van der Waals surface area contributed by atoms with E-state index in [2.05, 4.69) is 9.97 Å². The lowest BCUT2D eigenvalue weighted by Crippen LogP contribution is -2.10. The van der Waals surface area contributed by atoms with Crippen LogP contribution in [0.1, 0.15) is 19.4 Å². The molecule has 1 heterocycles. The molecular weight excluding hydrogens is 278 g/mol. The molecule has 2 rings (SSSR count). The molecule has 0 saturated heterocycles. The van der Waals surface area contributed by atoms with Gasteiger partial charge < -0.3 is 15.2 Å². The van der Waals surface area contributed by atoms with Crippen LogP contribution in [0.2, 0.25) is 5.02 Å². The number of nitrogens with zero attached hydrogens (tertiary/aromatic N) is 2. The fraction of sp³-hybridized carbons (Fsp3) is 0.286. The number of aromatic nitrogens is 2. The van der Waals surface area contributed by atoms with Gasteiger partial charge in [-0.05, 0) is 31.5 Å². The van der Waals surface area contributed by atoms with Gasteiger partial charge in [0.15, 0.2) is 5.69 Å². The standard InChI is InChI=1S/C14H16ClN3O2/c1-9(2)20-14-12(16)13(17-8-18-14)19-7-10-3-5-11(15)6-4-10/h3-6,8-9H,7,16H2,1-2H3. The number of anilines is 1. The Hall–Kier alpha value is -2.01. The van der Waals surface area contributed by atoms with Gasteiger partial charge >= 0.3 is 0 Å². The van der Waals surface area contributed by atoms with Gasteiger partial charge in [0.2, 0.25) is 11.8 Å². The molecule has 1 aromatic carbocycles. The van der Waals surface area contributed by atoms with E-state index in [0.717, 1.165) is 5.56 Å². The molecule has 6 heteroatoms. The van der Waals surface area contributed by atoms with Crippen molar-refractivity contribution in [3.05, 3.63) is 41.2 Å². The van der Waals surface area contributed by atoms with Crippen LogP contribution in [0.5, 0.6) is 11.8 Å². The lowest BCUT2D eigenvalue weighted by Gasteiger charge is -2.13. The lowest BCUT2D eigenvalue weighted by molar-refractivity contribution is 0.230. The fourth-order valence-electron chi connectivity index (χ4n) is 1.53. The van der Waals surface area contributed by atoms with Crippen LogP contribution in [0.15, 0.2) is 30.6 Å². The molecule has 0 saturated carbocycles. The molecule has 0 aliphatic rings. The molecule has 0 amide bonds. The van der Waals surface area contributed by atoms with Gasteiger partial charge in [-0.2, -0.15) is 9.97 Å². The summed E-state index contributed by atoms with van der Waals surface area (Å²) in [4.78, 5) is 8.00. The largest absolute Gasteiger partial charge is 0.473 e. The van der Waals surface area contributed by atoms with Crippen molar-refractivity contribution < 1.29 is 9.47 Å². The first-order valence-electron chi connectivity index (χ1n) is 6.20. The molecule has 0 spiro atoms. The highest BCUT2D eigenvalue weighted by Crippen LogP contribution is 2.27. The van der Waals surface area contributed by atoms with Crippen molar-refractivity contribution in [1.82, 2.24) is 9.97 Å². The first-order valence-corrected chi connectivity index (χ1v) is 6.58. The Morgan fingerprint density at radius 3 is 2.45 bits per heavy atom. The number of rotatable bonds is 5. The molecule has 0 fully saturated rings. The predicted octanol–water partition coefficient (Wildman–Crippen LogP) is 3.08. The molecule has 2 aromatic rings. The minimum absolute atomic E-state index is 0.0173. The van der Waals surface area contributed by atoms with Gasteiger partial charge in [-0.1, -0.05) is 23.7 Å². The predicted molar refractivity (Wildman–Crippen MR) is 78.0 cm³/mol. The van der Waals surface area contributed by atoms with Gasteiger partial charge in [-0.3, -0.25) is 0 Å². The number of hydrogen-bond donors (Lipinski definition) is 1. The van der Waals surface area contributed by atoms with Crippen molar-refractivity contribution in [2.75, 3.05) is 5.73 Å². The maximum atomic E-state index is 5.92. The van der Waals surface area contributed by atoms with Crippen LogP contribution in [0.25, 0.3) is 0 Å². The second kappa shape index (κ2) is 6.43. The van der Waals surface area contributed by atoms with E-state index in [9.17, 15) is 0 Å². The molecule has 5 nitrogen and oxygen atoms in total. The fourth-order valence-corrected chi connectivity index (χ4v) is 1.65. The maximum Gasteiger partial charge on any atom is 0.244 e. The van der Waals surface area contributed by atoms with E-state index in [1.54, 1.807) is 12.1 Å². The first-order chi connectivity index (χ1) is 9.56. The van der Waals surface area contributed by atoms with Crippen LogP contribution in [-0.2, 0) is 6.61 Å². The Labute approximate surface area is 122 Å². The molecule has 0 radical (unpaired) electrons. The Bertz CT molecular complexity index is 573. The molecule has 0 aliphatic heterocycles. The van der Waals surface area contributed by atoms with E-state index in [0.29, 0.717) is 29.1 Å². The van der Waals surface area contributed by atoms with Gasteiger partial charge in [-0.15, -0.1) is 0 Å². The van der Waals surface area contributed by atoms with Crippen LogP contribution in [0.3, 0.4) is 0 Å². The highest BCUT2D eigenvalue weighted by Gasteiger charge is 2.11. The number of halogens is 1. The first kappa shape index (κ1) is 14.4. The molecule has 1 aromatic heterocycles. The summed E-state index contributed by atoms with van der Waals surface area (Å²) in [5, 5.41) is 0.683. The van der Waals surface area contributed by atoms with E-state index < -0.39 is 0 Å². The van der Waals surface area contributed by atoms with Crippen molar-refractivity contribution in [3.63, 3.8) is 0 Å². The van der Waals surface area contributed by atoms with Gasteiger partial charge in [0.05, 0.1) is 6.10 Å². The van der Waals surface area contributed by atoms with Crippen LogP contribution >= 0.6 is 11.6 Å². The molecular formula is C14H16ClN3O2. The summed E-state index contributed by atoms with van der Waals surface area (Å²) in [7, 11) is 0. The summed E-state index contributed by atoms with van der Waals surface area (Å²) >= 11 is 5.83. The van der Waals surface area contributed by atoms with E-state index in [1.807, 2.05) is 26.0 Å². The number of ether oxygens (including phenoxy) is 2. The Kier molecular flexibility index (Phi) is 4.63. The topological polar surface area (TPSA) is 70.3 Å². The molecule has 0 unspecified atom stereocenters. The molecule has 20 heavy (non-hydrogen) atoms. The van der Waals surface area contributed by atoms with E-state index in [-0.39, 0.29) is 6.10 Å². The number of nitrogen functional groups attached to an aromatic ring is 1. The zero-order valence-corrected chi connectivity index (χ0v) is 12.1.